The van der Waals surface area contributed by atoms with E-state index in [4.69, 9.17) is 28.7 Å². The standard InChI is InChI=1S/5C11H18N2O8.4Fe.8H3N/c5*12-4-6(1-7(14)15)11(2-8(16)17,3-9(18)19)13-5-10(20)21;;;;;;;;;;;;/h5*6,13H,1-5,12H2,(H,14,15)(H,16,17)(H,18,19)(H,20,21);;;;;8*1H3/q;;;;;4*+3;;;;;;;;/p-12. The van der Waals surface area contributed by atoms with Gasteiger partial charge in [-0.1, -0.05) is 0 Å². The topological polar surface area (TPSA) is 1280 Å². The van der Waals surface area contributed by atoms with Crippen LogP contribution in [0.2, 0.25) is 0 Å². The number of nitrogens with two attached hydrogens (primary N) is 5. The molecule has 0 heterocycles. The molecule has 5 atom stereocenters. The van der Waals surface area contributed by atoms with Gasteiger partial charge in [0.25, 0.3) is 0 Å². The SMILES string of the molecule is NCC(CC(=O)[O-])C(CC(=O)[O-])(CC(=O)[O-])NCC(=O)[O-].NCC(CC(=O)[O-])C(CC(=O)[O-])(CC(=O)[O-])NCC(=O)[O-].NCC(CC(=O)[O-])C(CC(=O)[O-])(CC(=O)[O-])NCC(=O)[O-].NCC(CC(=O)[O-])C(CC(=O)[O-])(CC(=O)[O-])NCC(=O)[O-].NCC(CC(=O)[O-])C(CC(=O)[O-])(CC(=O)[O-])NCC(=O)[O-].[Fe+3].[Fe+3].[Fe+3].[Fe+3].[NH4+].[NH4+].[NH4+].[NH4+].[NH4+].[NH4+].[NH4+].[NH4+]. The fourth-order valence-electron chi connectivity index (χ4n) is 10.4. The van der Waals surface area contributed by atoms with Crippen LogP contribution in [0.3, 0.4) is 0 Å². The van der Waals surface area contributed by atoms with E-state index in [-0.39, 0.29) is 117 Å². The molecule has 58 nitrogen and oxygen atoms in total. The summed E-state index contributed by atoms with van der Waals surface area (Å²) in [6, 6.07) is 0. The zero-order chi connectivity index (χ0) is 83.1. The summed E-state index contributed by atoms with van der Waals surface area (Å²) in [6.07, 6.45) is -13.5. The summed E-state index contributed by atoms with van der Waals surface area (Å²) in [6.45, 7) is -6.60. The second-order valence-corrected chi connectivity index (χ2v) is 22.4. The quantitative estimate of drug-likeness (QED) is 0.0251. The van der Waals surface area contributed by atoms with Crippen molar-refractivity contribution in [2.75, 3.05) is 65.4 Å². The van der Waals surface area contributed by atoms with E-state index in [2.05, 4.69) is 26.6 Å². The average molecular weight is 1880 g/mol. The third-order valence-corrected chi connectivity index (χ3v) is 14.9. The number of carbonyl (C=O) groups excluding carboxylic acids is 20. The van der Waals surface area contributed by atoms with Gasteiger partial charge >= 0.3 is 68.3 Å². The molecule has 0 aromatic rings. The van der Waals surface area contributed by atoms with Crippen LogP contribution in [0.1, 0.15) is 96.3 Å². The Kier molecular flexibility index (Phi) is 96.2. The number of carboxylic acid groups (broad SMARTS) is 20. The number of aliphatic carboxylic acids is 20. The fourth-order valence-corrected chi connectivity index (χ4v) is 10.4. The summed E-state index contributed by atoms with van der Waals surface area (Å²) >= 11 is 0. The summed E-state index contributed by atoms with van der Waals surface area (Å²) in [5, 5.41) is 225. The van der Waals surface area contributed by atoms with Crippen LogP contribution in [0.4, 0.5) is 0 Å². The Hall–Kier alpha value is -9.24. The van der Waals surface area contributed by atoms with E-state index in [0.717, 1.165) is 0 Å². The van der Waals surface area contributed by atoms with Crippen molar-refractivity contribution in [3.63, 3.8) is 0 Å². The smallest absolute Gasteiger partial charge is 0.550 e. The Bertz CT molecular complexity index is 2530. The average Bonchev–Trinajstić information content (AvgIpc) is 0.847. The molecular weight excluding hydrogens is 1780 g/mol. The van der Waals surface area contributed by atoms with Crippen molar-refractivity contribution < 1.29 is 266 Å². The first-order valence-corrected chi connectivity index (χ1v) is 29.4. The van der Waals surface area contributed by atoms with Crippen molar-refractivity contribution in [3.05, 3.63) is 0 Å². The van der Waals surface area contributed by atoms with Crippen molar-refractivity contribution in [1.29, 1.82) is 0 Å². The van der Waals surface area contributed by atoms with Crippen LogP contribution in [-0.2, 0) is 164 Å². The predicted molar refractivity (Wildman–Crippen MR) is 334 cm³/mol. The molecule has 0 aromatic carbocycles. The molecule has 4 radical (unpaired) electrons. The van der Waals surface area contributed by atoms with Crippen molar-refractivity contribution >= 4 is 119 Å². The van der Waals surface area contributed by atoms with Gasteiger partial charge in [0.2, 0.25) is 0 Å². The molecule has 0 aliphatic heterocycles. The second-order valence-electron chi connectivity index (χ2n) is 22.4. The van der Waals surface area contributed by atoms with E-state index in [0.29, 0.717) is 0 Å². The maximum Gasteiger partial charge on any atom is 3.00 e. The second kappa shape index (κ2) is 75.5. The molecule has 0 rings (SSSR count). The molecule has 0 fully saturated rings. The van der Waals surface area contributed by atoms with Gasteiger partial charge in [-0.15, -0.1) is 0 Å². The summed E-state index contributed by atoms with van der Waals surface area (Å²) in [5.41, 5.74) is 16.9. The molecule has 0 saturated carbocycles. The molecule has 47 N–H and O–H groups in total. The van der Waals surface area contributed by atoms with E-state index in [9.17, 15) is 198 Å². The molecule has 0 amide bonds. The number of nitrogens with one attached hydrogen (secondary N) is 5. The molecule has 0 spiro atoms. The van der Waals surface area contributed by atoms with Crippen LogP contribution in [0.15, 0.2) is 0 Å². The monoisotopic (exact) mass is 1880 g/mol. The molecule has 0 aliphatic rings. The number of carbonyl (C=O) groups is 20. The predicted octanol–water partition coefficient (Wildman–Crippen LogP) is -31.7. The van der Waals surface area contributed by atoms with Crippen LogP contribution >= 0.6 is 0 Å². The molecule has 0 bridgehead atoms. The van der Waals surface area contributed by atoms with Crippen molar-refractivity contribution in [1.82, 2.24) is 75.8 Å². The Morgan fingerprint density at radius 3 is 0.316 bits per heavy atom. The minimum Gasteiger partial charge on any atom is -0.550 e. The van der Waals surface area contributed by atoms with Crippen LogP contribution in [0.5, 0.6) is 0 Å². The van der Waals surface area contributed by atoms with Crippen LogP contribution in [0, 0.1) is 29.6 Å². The summed E-state index contributed by atoms with van der Waals surface area (Å²) in [7, 11) is 0. The molecule has 0 saturated heterocycles. The Morgan fingerprint density at radius 1 is 0.179 bits per heavy atom. The Balaban J connectivity index is -0.0000000694. The van der Waals surface area contributed by atoms with Crippen molar-refractivity contribution in [2.45, 2.75) is 124 Å². The minimum absolute atomic E-state index is 0. The molecule has 0 aliphatic carbocycles. The maximum atomic E-state index is 10.8. The number of hydrogen-bond acceptors (Lipinski definition) is 50. The summed E-state index contributed by atoms with van der Waals surface area (Å²) in [5.74, 6) is -39.4. The first kappa shape index (κ1) is 149. The van der Waals surface area contributed by atoms with Crippen LogP contribution < -0.4 is 207 Å². The summed E-state index contributed by atoms with van der Waals surface area (Å²) in [4.78, 5) is 214. The third-order valence-electron chi connectivity index (χ3n) is 14.9. The van der Waals surface area contributed by atoms with E-state index < -0.39 is 338 Å². The van der Waals surface area contributed by atoms with Gasteiger partial charge in [0.05, 0.1) is 29.8 Å². The van der Waals surface area contributed by atoms with Crippen LogP contribution in [0.25, 0.3) is 0 Å². The Morgan fingerprint density at radius 2 is 0.265 bits per heavy atom. The maximum absolute atomic E-state index is 10.8. The zero-order valence-corrected chi connectivity index (χ0v) is 68.6. The summed E-state index contributed by atoms with van der Waals surface area (Å²) < 4.78 is 0. The fraction of sp³-hybridized carbons (Fsp3) is 0.636. The van der Waals surface area contributed by atoms with E-state index >= 15 is 0 Å². The van der Waals surface area contributed by atoms with Gasteiger partial charge in [-0.2, -0.15) is 0 Å². The van der Waals surface area contributed by atoms with Gasteiger partial charge in [0.1, 0.15) is 0 Å². The first-order chi connectivity index (χ1) is 48.1. The first-order valence-electron chi connectivity index (χ1n) is 29.4. The van der Waals surface area contributed by atoms with E-state index in [1.807, 2.05) is 0 Å². The number of hydrogen-bond donors (Lipinski definition) is 18. The number of carboxylic acids is 20. The third kappa shape index (κ3) is 68.5. The largest absolute Gasteiger partial charge is 3.00 e. The van der Waals surface area contributed by atoms with Gasteiger partial charge in [0.15, 0.2) is 0 Å². The molecule has 684 valence electrons. The Labute approximate surface area is 706 Å². The number of quaternary nitrogens is 8. The zero-order valence-electron chi connectivity index (χ0n) is 64.2. The van der Waals surface area contributed by atoms with Gasteiger partial charge in [-0.25, -0.2) is 0 Å². The van der Waals surface area contributed by atoms with E-state index in [1.54, 1.807) is 0 Å². The normalized spacial score (nSPS) is 11.3. The molecule has 5 unspecified atom stereocenters. The van der Waals surface area contributed by atoms with Crippen molar-refractivity contribution in [3.8, 4) is 0 Å². The number of rotatable bonds is 55. The van der Waals surface area contributed by atoms with Gasteiger partial charge < -0.3 is 302 Å². The molecule has 62 heteroatoms. The van der Waals surface area contributed by atoms with Gasteiger partial charge in [-0.3, -0.25) is 0 Å². The van der Waals surface area contributed by atoms with Crippen LogP contribution in [-0.4, -0.2) is 213 Å². The van der Waals surface area contributed by atoms with E-state index in [1.165, 1.54) is 0 Å². The van der Waals surface area contributed by atoms with Gasteiger partial charge in [-0.05, 0) is 94.4 Å². The molecule has 0 aromatic heterocycles. The van der Waals surface area contributed by atoms with Gasteiger partial charge in [0, 0.05) is 214 Å². The minimum atomic E-state index is -1.97. The van der Waals surface area contributed by atoms with Crippen molar-refractivity contribution in [2.24, 2.45) is 58.3 Å². The molecular formula is C55H102Fe4N18O40. The molecule has 117 heavy (non-hydrogen) atoms.